The molecule has 0 radical (unpaired) electrons. The van der Waals surface area contributed by atoms with Crippen molar-refractivity contribution in [3.63, 3.8) is 0 Å². The summed E-state index contributed by atoms with van der Waals surface area (Å²) in [6.07, 6.45) is 4.00. The number of unbranched alkanes of at least 4 members (excludes halogenated alkanes) is 1. The van der Waals surface area contributed by atoms with Crippen LogP contribution in [-0.2, 0) is 0 Å². The zero-order chi connectivity index (χ0) is 11.6. The van der Waals surface area contributed by atoms with E-state index in [9.17, 15) is 0 Å². The van der Waals surface area contributed by atoms with Gasteiger partial charge in [-0.2, -0.15) is 0 Å². The molecule has 0 heterocycles. The molecule has 0 aliphatic heterocycles. The fourth-order valence-electron chi connectivity index (χ4n) is 1.95. The van der Waals surface area contributed by atoms with E-state index in [4.69, 9.17) is 0 Å². The van der Waals surface area contributed by atoms with Gasteiger partial charge in [-0.25, -0.2) is 0 Å². The number of rotatable bonds is 4. The van der Waals surface area contributed by atoms with E-state index in [1.807, 2.05) is 0 Å². The van der Waals surface area contributed by atoms with Gasteiger partial charge >= 0.3 is 0 Å². The minimum Gasteiger partial charge on any atom is -0.0750 e. The molecule has 0 atom stereocenters. The van der Waals surface area contributed by atoms with Gasteiger partial charge in [-0.3, -0.25) is 0 Å². The van der Waals surface area contributed by atoms with Gasteiger partial charge in [-0.1, -0.05) is 59.6 Å². The average molecular weight is 194 g/mol. The summed E-state index contributed by atoms with van der Waals surface area (Å²) in [5, 5.41) is 0.384. The van der Waals surface area contributed by atoms with E-state index >= 15 is 0 Å². The number of hydrogen-bond donors (Lipinski definition) is 0. The fraction of sp³-hybridized carbons (Fsp3) is 1.00. The first kappa shape index (κ1) is 14.1. The van der Waals surface area contributed by atoms with Gasteiger partial charge < -0.3 is 0 Å². The Kier molecular flexibility index (Phi) is 4.37. The maximum Gasteiger partial charge on any atom is 0.101 e. The zero-order valence-corrected chi connectivity index (χ0v) is 11.6. The molecule has 0 unspecified atom stereocenters. The van der Waals surface area contributed by atoms with Gasteiger partial charge in [0.05, 0.1) is 0 Å². The summed E-state index contributed by atoms with van der Waals surface area (Å²) in [6, 6.07) is 0. The Balaban J connectivity index is 4.69. The molecular formula is C12H28B2. The van der Waals surface area contributed by atoms with Crippen LogP contribution in [0.25, 0.3) is 0 Å². The van der Waals surface area contributed by atoms with Crippen LogP contribution in [0.15, 0.2) is 0 Å². The Morgan fingerprint density at radius 3 is 1.64 bits per heavy atom. The molecule has 0 aromatic carbocycles. The van der Waals surface area contributed by atoms with Gasteiger partial charge in [0, 0.05) is 0 Å². The molecular weight excluding hydrogens is 166 g/mol. The van der Waals surface area contributed by atoms with Crippen molar-refractivity contribution in [3.05, 3.63) is 0 Å². The Hall–Kier alpha value is 0.130. The van der Waals surface area contributed by atoms with Gasteiger partial charge in [0.15, 0.2) is 0 Å². The topological polar surface area (TPSA) is 0 Å². The summed E-state index contributed by atoms with van der Waals surface area (Å²) in [4.78, 5) is 0. The summed E-state index contributed by atoms with van der Waals surface area (Å²) < 4.78 is 0. The summed E-state index contributed by atoms with van der Waals surface area (Å²) in [5.41, 5.74) is 0.811. The van der Waals surface area contributed by atoms with Crippen LogP contribution in [0.2, 0.25) is 5.21 Å². The Bertz CT molecular complexity index is 175. The predicted octanol–water partition coefficient (Wildman–Crippen LogP) is 2.63. The predicted molar refractivity (Wildman–Crippen MR) is 72.5 cm³/mol. The van der Waals surface area contributed by atoms with Crippen molar-refractivity contribution in [2.24, 2.45) is 10.8 Å². The third kappa shape index (κ3) is 2.81. The van der Waals surface area contributed by atoms with Gasteiger partial charge in [-0.05, 0) is 17.3 Å². The van der Waals surface area contributed by atoms with Crippen LogP contribution in [-0.4, -0.2) is 15.7 Å². The molecule has 0 saturated heterocycles. The molecule has 0 aromatic rings. The van der Waals surface area contributed by atoms with Gasteiger partial charge in [-0.15, -0.1) is 0 Å². The van der Waals surface area contributed by atoms with Crippen molar-refractivity contribution in [3.8, 4) is 0 Å². The van der Waals surface area contributed by atoms with Crippen molar-refractivity contribution < 1.29 is 0 Å². The van der Waals surface area contributed by atoms with Crippen LogP contribution in [0, 0.1) is 10.8 Å². The second-order valence-electron chi connectivity index (χ2n) is 6.86. The highest BCUT2D eigenvalue weighted by Crippen LogP contribution is 2.54. The minimum absolute atomic E-state index is 0.379. The first-order valence-corrected chi connectivity index (χ1v) is 6.06. The second-order valence-corrected chi connectivity index (χ2v) is 6.86. The van der Waals surface area contributed by atoms with E-state index in [0.717, 1.165) is 0 Å². The summed E-state index contributed by atoms with van der Waals surface area (Å²) in [7, 11) is 4.84. The van der Waals surface area contributed by atoms with E-state index in [0.29, 0.717) is 16.0 Å². The van der Waals surface area contributed by atoms with Gasteiger partial charge in [0.1, 0.15) is 15.7 Å². The van der Waals surface area contributed by atoms with Crippen LogP contribution in [0.4, 0.5) is 0 Å². The highest BCUT2D eigenvalue weighted by Gasteiger charge is 2.44. The summed E-state index contributed by atoms with van der Waals surface area (Å²) in [5.74, 6) is 0. The Morgan fingerprint density at radius 2 is 1.36 bits per heavy atom. The molecule has 0 nitrogen and oxygen atoms in total. The minimum atomic E-state index is 0.379. The highest BCUT2D eigenvalue weighted by atomic mass is 14.4. The molecule has 0 bridgehead atoms. The fourth-order valence-corrected chi connectivity index (χ4v) is 1.95. The van der Waals surface area contributed by atoms with Crippen molar-refractivity contribution in [2.75, 3.05) is 0 Å². The van der Waals surface area contributed by atoms with Gasteiger partial charge in [0.2, 0.25) is 0 Å². The standard InChI is InChI=1S/C12H28B2/c1-7-8-9-11(5,6)12(13,14)10(2,3)4/h7-9,13-14H2,1-6H3. The van der Waals surface area contributed by atoms with Crippen molar-refractivity contribution in [1.29, 1.82) is 0 Å². The maximum absolute atomic E-state index is 2.42. The van der Waals surface area contributed by atoms with E-state index < -0.39 is 0 Å². The normalized spacial score (nSPS) is 14.4. The second kappa shape index (κ2) is 4.33. The molecule has 14 heavy (non-hydrogen) atoms. The van der Waals surface area contributed by atoms with Gasteiger partial charge in [0.25, 0.3) is 0 Å². The van der Waals surface area contributed by atoms with Crippen molar-refractivity contribution >= 4 is 15.7 Å². The molecule has 0 amide bonds. The van der Waals surface area contributed by atoms with Crippen molar-refractivity contribution in [1.82, 2.24) is 0 Å². The molecule has 0 aliphatic rings. The third-order valence-electron chi connectivity index (χ3n) is 4.72. The first-order chi connectivity index (χ1) is 6.06. The quantitative estimate of drug-likeness (QED) is 0.603. The lowest BCUT2D eigenvalue weighted by Crippen LogP contribution is -2.42. The lowest BCUT2D eigenvalue weighted by Gasteiger charge is -2.51. The number of hydrogen-bond acceptors (Lipinski definition) is 0. The zero-order valence-electron chi connectivity index (χ0n) is 11.6. The summed E-state index contributed by atoms with van der Waals surface area (Å²) >= 11 is 0. The van der Waals surface area contributed by atoms with E-state index in [1.54, 1.807) is 0 Å². The molecule has 0 rings (SSSR count). The van der Waals surface area contributed by atoms with Crippen LogP contribution in [0.5, 0.6) is 0 Å². The van der Waals surface area contributed by atoms with E-state index in [1.165, 1.54) is 19.3 Å². The monoisotopic (exact) mass is 194 g/mol. The van der Waals surface area contributed by atoms with E-state index in [2.05, 4.69) is 57.2 Å². The molecule has 0 aliphatic carbocycles. The van der Waals surface area contributed by atoms with Crippen LogP contribution >= 0.6 is 0 Å². The lowest BCUT2D eigenvalue weighted by molar-refractivity contribution is 0.163. The lowest BCUT2D eigenvalue weighted by atomic mass is 9.34. The largest absolute Gasteiger partial charge is 0.101 e. The molecule has 0 aromatic heterocycles. The Morgan fingerprint density at radius 1 is 0.929 bits per heavy atom. The maximum atomic E-state index is 2.42. The van der Waals surface area contributed by atoms with Crippen LogP contribution in [0.3, 0.4) is 0 Å². The molecule has 0 N–H and O–H groups in total. The SMILES string of the molecule is BC(B)(C(C)(C)C)C(C)(C)CCCC. The molecule has 0 saturated carbocycles. The summed E-state index contributed by atoms with van der Waals surface area (Å²) in [6.45, 7) is 14.2. The molecule has 82 valence electrons. The van der Waals surface area contributed by atoms with E-state index in [-0.39, 0.29) is 0 Å². The smallest absolute Gasteiger partial charge is 0.0750 e. The van der Waals surface area contributed by atoms with Crippen LogP contribution < -0.4 is 0 Å². The first-order valence-electron chi connectivity index (χ1n) is 6.06. The van der Waals surface area contributed by atoms with Crippen molar-refractivity contribution in [2.45, 2.75) is 66.0 Å². The molecule has 2 heteroatoms. The highest BCUT2D eigenvalue weighted by molar-refractivity contribution is 6.41. The molecule has 0 fully saturated rings. The average Bonchev–Trinajstić information content (AvgIpc) is 1.98. The van der Waals surface area contributed by atoms with Crippen LogP contribution in [0.1, 0.15) is 60.8 Å². The third-order valence-corrected chi connectivity index (χ3v) is 4.72. The Labute approximate surface area is 93.1 Å². The molecule has 0 spiro atoms.